The van der Waals surface area contributed by atoms with Crippen LogP contribution in [0.4, 0.5) is 0 Å². The van der Waals surface area contributed by atoms with E-state index in [-0.39, 0.29) is 41.5 Å². The third kappa shape index (κ3) is 8.14. The van der Waals surface area contributed by atoms with E-state index in [9.17, 15) is 14.4 Å². The molecule has 4 rings (SSSR count). The molecule has 0 bridgehead atoms. The lowest BCUT2D eigenvalue weighted by Gasteiger charge is -2.33. The van der Waals surface area contributed by atoms with Gasteiger partial charge in [0, 0.05) is 17.9 Å². The minimum absolute atomic E-state index is 0.0332. The molecule has 2 aliphatic carbocycles. The van der Waals surface area contributed by atoms with Crippen LogP contribution in [0.1, 0.15) is 144 Å². The highest BCUT2D eigenvalue weighted by Gasteiger charge is 2.35. The summed E-state index contributed by atoms with van der Waals surface area (Å²) in [5.41, 5.74) is 8.41. The van der Waals surface area contributed by atoms with Crippen molar-refractivity contribution in [3.8, 4) is 11.1 Å². The molecule has 0 N–H and O–H groups in total. The Hall–Kier alpha value is -2.55. The summed E-state index contributed by atoms with van der Waals surface area (Å²) in [6.07, 6.45) is 11.7. The standard InChI is InChI=1S/C40H56O3/c1-8-10-33(34(9-2)38(42)19-27(6)41)21-31-22-37-35(25(3)4)24-36(28(7)40(37)39(43)23-31)32-17-15-30(16-18-32)20-29-13-11-26(5)12-14-29/h15-18,24-26,29,31,33-34H,8-14,19-23H2,1-7H3. The third-order valence-corrected chi connectivity index (χ3v) is 10.7. The number of ketones is 3. The van der Waals surface area contributed by atoms with Gasteiger partial charge in [0.15, 0.2) is 5.78 Å². The summed E-state index contributed by atoms with van der Waals surface area (Å²) in [4.78, 5) is 38.7. The molecule has 3 unspecified atom stereocenters. The lowest BCUT2D eigenvalue weighted by molar-refractivity contribution is -0.129. The lowest BCUT2D eigenvalue weighted by Crippen LogP contribution is -2.30. The molecule has 3 atom stereocenters. The molecule has 43 heavy (non-hydrogen) atoms. The summed E-state index contributed by atoms with van der Waals surface area (Å²) in [6.45, 7) is 14.7. The van der Waals surface area contributed by atoms with Crippen molar-refractivity contribution in [3.63, 3.8) is 0 Å². The number of rotatable bonds is 13. The fourth-order valence-electron chi connectivity index (χ4n) is 8.33. The number of fused-ring (bicyclic) bond motifs is 1. The van der Waals surface area contributed by atoms with Crippen LogP contribution in [0.25, 0.3) is 11.1 Å². The summed E-state index contributed by atoms with van der Waals surface area (Å²) in [5, 5.41) is 0. The molecule has 2 aromatic carbocycles. The largest absolute Gasteiger partial charge is 0.300 e. The van der Waals surface area contributed by atoms with E-state index in [1.165, 1.54) is 66.8 Å². The fraction of sp³-hybridized carbons (Fsp3) is 0.625. The maximum atomic E-state index is 13.9. The Kier molecular flexibility index (Phi) is 11.6. The Morgan fingerprint density at radius 3 is 2.21 bits per heavy atom. The van der Waals surface area contributed by atoms with Crippen LogP contribution in [-0.2, 0) is 22.4 Å². The van der Waals surface area contributed by atoms with Gasteiger partial charge in [-0.3, -0.25) is 14.4 Å². The molecule has 0 radical (unpaired) electrons. The number of benzene rings is 2. The Morgan fingerprint density at radius 1 is 0.953 bits per heavy atom. The predicted octanol–water partition coefficient (Wildman–Crippen LogP) is 10.3. The summed E-state index contributed by atoms with van der Waals surface area (Å²) in [5.74, 6) is 2.65. The van der Waals surface area contributed by atoms with Gasteiger partial charge in [0.05, 0.1) is 6.42 Å². The number of hydrogen-bond donors (Lipinski definition) is 0. The van der Waals surface area contributed by atoms with Gasteiger partial charge in [-0.05, 0) is 115 Å². The van der Waals surface area contributed by atoms with Crippen molar-refractivity contribution in [2.24, 2.45) is 29.6 Å². The maximum absolute atomic E-state index is 13.9. The molecular weight excluding hydrogens is 528 g/mol. The van der Waals surface area contributed by atoms with E-state index in [0.29, 0.717) is 12.3 Å². The van der Waals surface area contributed by atoms with Crippen molar-refractivity contribution in [2.45, 2.75) is 131 Å². The van der Waals surface area contributed by atoms with Gasteiger partial charge in [0.1, 0.15) is 11.6 Å². The van der Waals surface area contributed by atoms with Crippen LogP contribution in [0.15, 0.2) is 30.3 Å². The first-order chi connectivity index (χ1) is 20.5. The molecule has 2 aromatic rings. The minimum Gasteiger partial charge on any atom is -0.300 e. The maximum Gasteiger partial charge on any atom is 0.163 e. The van der Waals surface area contributed by atoms with E-state index in [0.717, 1.165) is 55.1 Å². The molecule has 0 aliphatic heterocycles. The van der Waals surface area contributed by atoms with Crippen LogP contribution in [-0.4, -0.2) is 17.3 Å². The Bertz CT molecular complexity index is 1280. The number of carbonyl (C=O) groups is 3. The molecule has 1 fully saturated rings. The monoisotopic (exact) mass is 584 g/mol. The van der Waals surface area contributed by atoms with Gasteiger partial charge in [-0.1, -0.05) is 90.6 Å². The van der Waals surface area contributed by atoms with Crippen molar-refractivity contribution >= 4 is 17.3 Å². The van der Waals surface area contributed by atoms with Crippen LogP contribution >= 0.6 is 0 Å². The highest BCUT2D eigenvalue weighted by atomic mass is 16.1. The van der Waals surface area contributed by atoms with Gasteiger partial charge < -0.3 is 0 Å². The van der Waals surface area contributed by atoms with Crippen molar-refractivity contribution in [3.05, 3.63) is 58.1 Å². The number of hydrogen-bond acceptors (Lipinski definition) is 3. The van der Waals surface area contributed by atoms with Crippen LogP contribution in [0.2, 0.25) is 0 Å². The molecule has 0 aromatic heterocycles. The Balaban J connectivity index is 1.58. The molecule has 3 nitrogen and oxygen atoms in total. The quantitative estimate of drug-likeness (QED) is 0.220. The second kappa shape index (κ2) is 15.0. The van der Waals surface area contributed by atoms with Crippen LogP contribution in [0.5, 0.6) is 0 Å². The molecule has 0 saturated heterocycles. The van der Waals surface area contributed by atoms with Crippen molar-refractivity contribution in [1.29, 1.82) is 0 Å². The van der Waals surface area contributed by atoms with Gasteiger partial charge in [-0.2, -0.15) is 0 Å². The molecule has 2 aliphatic rings. The molecule has 3 heteroatoms. The van der Waals surface area contributed by atoms with E-state index in [1.807, 2.05) is 0 Å². The van der Waals surface area contributed by atoms with Crippen molar-refractivity contribution in [1.82, 2.24) is 0 Å². The Labute approximate surface area is 261 Å². The van der Waals surface area contributed by atoms with Gasteiger partial charge in [0.25, 0.3) is 0 Å². The lowest BCUT2D eigenvalue weighted by atomic mass is 9.70. The molecule has 234 valence electrons. The Morgan fingerprint density at radius 2 is 1.63 bits per heavy atom. The van der Waals surface area contributed by atoms with Gasteiger partial charge in [-0.15, -0.1) is 0 Å². The average Bonchev–Trinajstić information content (AvgIpc) is 2.95. The van der Waals surface area contributed by atoms with Crippen LogP contribution in [0.3, 0.4) is 0 Å². The average molecular weight is 585 g/mol. The second-order valence-electron chi connectivity index (χ2n) is 14.5. The van der Waals surface area contributed by atoms with Gasteiger partial charge in [0.2, 0.25) is 0 Å². The normalized spacial score (nSPS) is 21.9. The first-order valence-corrected chi connectivity index (χ1v) is 17.3. The van der Waals surface area contributed by atoms with Crippen LogP contribution in [0, 0.1) is 36.5 Å². The minimum atomic E-state index is -0.0984. The third-order valence-electron chi connectivity index (χ3n) is 10.7. The molecular formula is C40H56O3. The summed E-state index contributed by atoms with van der Waals surface area (Å²) in [7, 11) is 0. The van der Waals surface area contributed by atoms with Crippen molar-refractivity contribution < 1.29 is 14.4 Å². The van der Waals surface area contributed by atoms with E-state index in [2.05, 4.69) is 71.9 Å². The fourth-order valence-corrected chi connectivity index (χ4v) is 8.33. The van der Waals surface area contributed by atoms with E-state index in [1.54, 1.807) is 0 Å². The summed E-state index contributed by atoms with van der Waals surface area (Å²) >= 11 is 0. The zero-order valence-corrected chi connectivity index (χ0v) is 28.1. The van der Waals surface area contributed by atoms with Gasteiger partial charge in [-0.25, -0.2) is 0 Å². The van der Waals surface area contributed by atoms with Crippen molar-refractivity contribution in [2.75, 3.05) is 0 Å². The number of carbonyl (C=O) groups excluding carboxylic acids is 3. The highest BCUT2D eigenvalue weighted by molar-refractivity contribution is 6.02. The SMILES string of the molecule is CCCC(CC1CC(=O)c2c(C)c(-c3ccc(CC4CCC(C)CC4)cc3)cc(C(C)C)c2C1)C(CC)C(=O)CC(C)=O. The zero-order valence-electron chi connectivity index (χ0n) is 28.1. The first-order valence-electron chi connectivity index (χ1n) is 17.3. The highest BCUT2D eigenvalue weighted by Crippen LogP contribution is 2.42. The first kappa shape index (κ1) is 33.3. The molecule has 0 amide bonds. The van der Waals surface area contributed by atoms with E-state index < -0.39 is 0 Å². The topological polar surface area (TPSA) is 51.2 Å². The molecule has 0 spiro atoms. The molecule has 0 heterocycles. The number of Topliss-reactive ketones (excluding diaryl/α,β-unsaturated/α-hetero) is 3. The molecule has 1 saturated carbocycles. The van der Waals surface area contributed by atoms with E-state index >= 15 is 0 Å². The van der Waals surface area contributed by atoms with E-state index in [4.69, 9.17) is 0 Å². The van der Waals surface area contributed by atoms with Gasteiger partial charge >= 0.3 is 0 Å². The smallest absolute Gasteiger partial charge is 0.163 e. The summed E-state index contributed by atoms with van der Waals surface area (Å²) < 4.78 is 0. The van der Waals surface area contributed by atoms with Crippen LogP contribution < -0.4 is 0 Å². The summed E-state index contributed by atoms with van der Waals surface area (Å²) in [6, 6.07) is 11.5. The zero-order chi connectivity index (χ0) is 31.3. The second-order valence-corrected chi connectivity index (χ2v) is 14.5. The predicted molar refractivity (Wildman–Crippen MR) is 179 cm³/mol.